The topological polar surface area (TPSA) is 291 Å². The highest BCUT2D eigenvalue weighted by atomic mass is 32.2. The Morgan fingerprint density at radius 1 is 0.662 bits per heavy atom. The van der Waals surface area contributed by atoms with E-state index in [0.29, 0.717) is 30.6 Å². The molecular formula is C46H58N8O10S. The van der Waals surface area contributed by atoms with Gasteiger partial charge in [0.15, 0.2) is 0 Å². The number of carbonyl (C=O) groups excluding carboxylic acids is 7. The van der Waals surface area contributed by atoms with Gasteiger partial charge in [-0.2, -0.15) is 11.8 Å². The molecule has 7 amide bonds. The van der Waals surface area contributed by atoms with E-state index in [1.807, 2.05) is 24.3 Å². The summed E-state index contributed by atoms with van der Waals surface area (Å²) in [7, 11) is 0. The molecule has 0 aliphatic carbocycles. The predicted octanol–water partition coefficient (Wildman–Crippen LogP) is 1.74. The van der Waals surface area contributed by atoms with E-state index in [0.717, 1.165) is 22.0 Å². The van der Waals surface area contributed by atoms with Crippen LogP contribution in [-0.2, 0) is 57.6 Å². The zero-order valence-electron chi connectivity index (χ0n) is 36.4. The molecule has 0 aliphatic heterocycles. The van der Waals surface area contributed by atoms with E-state index in [1.54, 1.807) is 54.9 Å². The van der Waals surface area contributed by atoms with Gasteiger partial charge in [-0.25, -0.2) is 0 Å². The van der Waals surface area contributed by atoms with E-state index >= 15 is 0 Å². The number of nitrogens with one attached hydrogen (secondary N) is 7. The number of amides is 7. The van der Waals surface area contributed by atoms with Crippen LogP contribution in [0.2, 0.25) is 0 Å². The lowest BCUT2D eigenvalue weighted by atomic mass is 10.0. The third-order valence-corrected chi connectivity index (χ3v) is 11.0. The van der Waals surface area contributed by atoms with E-state index in [-0.39, 0.29) is 56.2 Å². The van der Waals surface area contributed by atoms with Crippen LogP contribution in [0.5, 0.6) is 5.75 Å². The normalized spacial score (nSPS) is 13.3. The minimum atomic E-state index is -1.63. The standard InChI is InChI=1S/C46H58N8O10S/c1-28(55)50-37(24-30-16-18-32(56)19-17-30)43(61)48-21-10-4-7-15-40(57)51-38(25-31-27-49-34-14-9-8-13-33(31)34)45(63)52-35(20-22-65-2)44(62)54-39(26-41(58)59)46(64)53-36(42(47)60)23-29-11-5-3-6-12-29/h3,5-6,8-9,11-14,16-19,27,35-39,49,56H,4,7,10,15,20-26H2,1-2H3,(H2,47,60)(H,48,61)(H,50,55)(H,51,57)(H,52,63)(H,53,64)(H,54,62)(H,58,59)/t35-,36-,37-,38-,39-/m0/s1. The number of phenolic OH excluding ortho intramolecular Hbond substituents is 1. The molecule has 65 heavy (non-hydrogen) atoms. The molecule has 348 valence electrons. The van der Waals surface area contributed by atoms with Crippen LogP contribution < -0.4 is 37.6 Å². The van der Waals surface area contributed by atoms with Crippen molar-refractivity contribution in [1.29, 1.82) is 0 Å². The van der Waals surface area contributed by atoms with Gasteiger partial charge in [-0.3, -0.25) is 38.4 Å². The van der Waals surface area contributed by atoms with Gasteiger partial charge in [-0.1, -0.05) is 67.1 Å². The number of nitrogens with two attached hydrogens (primary N) is 1. The van der Waals surface area contributed by atoms with Crippen LogP contribution >= 0.6 is 11.8 Å². The van der Waals surface area contributed by atoms with Crippen molar-refractivity contribution in [3.05, 3.63) is 102 Å². The maximum Gasteiger partial charge on any atom is 0.305 e. The van der Waals surface area contributed by atoms with Crippen LogP contribution in [0, 0.1) is 0 Å². The number of phenols is 1. The first-order valence-electron chi connectivity index (χ1n) is 21.3. The molecule has 0 saturated heterocycles. The summed E-state index contributed by atoms with van der Waals surface area (Å²) in [6, 6.07) is 16.4. The number of hydrogen-bond donors (Lipinski definition) is 10. The second kappa shape index (κ2) is 26.0. The number of carbonyl (C=O) groups is 8. The number of fused-ring (bicyclic) bond motifs is 1. The molecule has 0 aliphatic rings. The molecule has 1 aromatic heterocycles. The molecule has 0 fully saturated rings. The van der Waals surface area contributed by atoms with Gasteiger partial charge in [0, 0.05) is 56.3 Å². The van der Waals surface area contributed by atoms with Gasteiger partial charge < -0.3 is 52.8 Å². The van der Waals surface area contributed by atoms with Gasteiger partial charge in [0.05, 0.1) is 6.42 Å². The lowest BCUT2D eigenvalue weighted by molar-refractivity contribution is -0.141. The fourth-order valence-electron chi connectivity index (χ4n) is 7.02. The number of hydrogen-bond acceptors (Lipinski definition) is 10. The predicted molar refractivity (Wildman–Crippen MR) is 245 cm³/mol. The molecule has 18 nitrogen and oxygen atoms in total. The van der Waals surface area contributed by atoms with Crippen LogP contribution in [0.4, 0.5) is 0 Å². The van der Waals surface area contributed by atoms with Gasteiger partial charge in [-0.05, 0) is 66.2 Å². The zero-order chi connectivity index (χ0) is 47.3. The largest absolute Gasteiger partial charge is 0.508 e. The van der Waals surface area contributed by atoms with E-state index in [2.05, 4.69) is 36.9 Å². The van der Waals surface area contributed by atoms with Crippen molar-refractivity contribution in [2.45, 2.75) is 94.9 Å². The Kier molecular flexibility index (Phi) is 20.3. The summed E-state index contributed by atoms with van der Waals surface area (Å²) in [5, 5.41) is 36.0. The number of para-hydroxylation sites is 1. The van der Waals surface area contributed by atoms with Gasteiger partial charge in [-0.15, -0.1) is 0 Å². The summed E-state index contributed by atoms with van der Waals surface area (Å²) >= 11 is 1.39. The average molecular weight is 915 g/mol. The Morgan fingerprint density at radius 2 is 1.26 bits per heavy atom. The minimum Gasteiger partial charge on any atom is -0.508 e. The molecule has 3 aromatic carbocycles. The SMILES string of the molecule is CSCC[C@H](NC(=O)[C@H](Cc1c[nH]c2ccccc12)NC(=O)CCCCCNC(=O)[C@H](Cc1ccc(O)cc1)NC(C)=O)C(=O)N[C@@H](CC(=O)O)C(=O)N[C@@H](Cc1ccccc1)C(N)=O. The molecule has 1 heterocycles. The second-order valence-electron chi connectivity index (χ2n) is 15.6. The first-order valence-corrected chi connectivity index (χ1v) is 22.6. The molecular weight excluding hydrogens is 857 g/mol. The number of benzene rings is 3. The first-order chi connectivity index (χ1) is 31.1. The number of rotatable bonds is 27. The number of carboxylic acids is 1. The summed E-state index contributed by atoms with van der Waals surface area (Å²) in [4.78, 5) is 107. The number of aromatic amines is 1. The number of H-pyrrole nitrogens is 1. The molecule has 4 aromatic rings. The van der Waals surface area contributed by atoms with Gasteiger partial charge >= 0.3 is 5.97 Å². The van der Waals surface area contributed by atoms with E-state index in [1.165, 1.54) is 30.8 Å². The molecule has 0 unspecified atom stereocenters. The third kappa shape index (κ3) is 17.3. The summed E-state index contributed by atoms with van der Waals surface area (Å²) in [5.41, 5.74) is 8.53. The van der Waals surface area contributed by atoms with Crippen molar-refractivity contribution < 1.29 is 48.6 Å². The van der Waals surface area contributed by atoms with Gasteiger partial charge in [0.1, 0.15) is 36.0 Å². The van der Waals surface area contributed by atoms with Crippen molar-refractivity contribution >= 4 is 70.0 Å². The number of primary amides is 1. The Balaban J connectivity index is 1.40. The fourth-order valence-corrected chi connectivity index (χ4v) is 7.49. The number of thioether (sulfide) groups is 1. The average Bonchev–Trinajstić information content (AvgIpc) is 3.68. The van der Waals surface area contributed by atoms with Gasteiger partial charge in [0.25, 0.3) is 0 Å². The number of carboxylic acid groups (broad SMARTS) is 1. The first kappa shape index (κ1) is 50.8. The summed E-state index contributed by atoms with van der Waals surface area (Å²) in [6.07, 6.45) is 4.60. The lowest BCUT2D eigenvalue weighted by Crippen LogP contribution is -2.59. The smallest absolute Gasteiger partial charge is 0.305 e. The van der Waals surface area contributed by atoms with Crippen LogP contribution in [0.15, 0.2) is 85.1 Å². The highest BCUT2D eigenvalue weighted by molar-refractivity contribution is 7.98. The molecule has 11 N–H and O–H groups in total. The van der Waals surface area contributed by atoms with Crippen molar-refractivity contribution in [3.8, 4) is 5.75 Å². The number of aromatic hydroxyl groups is 1. The monoisotopic (exact) mass is 914 g/mol. The minimum absolute atomic E-state index is 0.0230. The fraction of sp³-hybridized carbons (Fsp3) is 0.391. The quantitative estimate of drug-likeness (QED) is 0.0385. The lowest BCUT2D eigenvalue weighted by Gasteiger charge is -2.26. The Bertz CT molecular complexity index is 2250. The van der Waals surface area contributed by atoms with Crippen LogP contribution in [0.1, 0.15) is 62.1 Å². The third-order valence-electron chi connectivity index (χ3n) is 10.4. The molecule has 0 saturated carbocycles. The molecule has 0 spiro atoms. The maximum absolute atomic E-state index is 14.1. The van der Waals surface area contributed by atoms with Crippen molar-refractivity contribution in [1.82, 2.24) is 36.9 Å². The van der Waals surface area contributed by atoms with Crippen molar-refractivity contribution in [2.75, 3.05) is 18.6 Å². The zero-order valence-corrected chi connectivity index (χ0v) is 37.2. The number of aliphatic carboxylic acids is 1. The summed E-state index contributed by atoms with van der Waals surface area (Å²) in [6.45, 7) is 1.60. The maximum atomic E-state index is 14.1. The highest BCUT2D eigenvalue weighted by Crippen LogP contribution is 2.20. The summed E-state index contributed by atoms with van der Waals surface area (Å²) in [5.74, 6) is -5.47. The van der Waals surface area contributed by atoms with E-state index in [4.69, 9.17) is 5.73 Å². The van der Waals surface area contributed by atoms with Crippen LogP contribution in [0.3, 0.4) is 0 Å². The van der Waals surface area contributed by atoms with Crippen molar-refractivity contribution in [3.63, 3.8) is 0 Å². The van der Waals surface area contributed by atoms with Gasteiger partial charge in [0.2, 0.25) is 41.4 Å². The van der Waals surface area contributed by atoms with Crippen LogP contribution in [-0.4, -0.2) is 111 Å². The van der Waals surface area contributed by atoms with Crippen LogP contribution in [0.25, 0.3) is 10.9 Å². The molecule has 19 heteroatoms. The Hall–Kier alpha value is -6.89. The summed E-state index contributed by atoms with van der Waals surface area (Å²) < 4.78 is 0. The second-order valence-corrected chi connectivity index (χ2v) is 16.5. The molecule has 0 radical (unpaired) electrons. The van der Waals surface area contributed by atoms with E-state index < -0.39 is 72.1 Å². The molecule has 4 rings (SSSR count). The number of aromatic nitrogens is 1. The Morgan fingerprint density at radius 3 is 1.94 bits per heavy atom. The Labute approximate surface area is 381 Å². The highest BCUT2D eigenvalue weighted by Gasteiger charge is 2.32. The number of unbranched alkanes of at least 4 members (excludes halogenated alkanes) is 2. The molecule has 0 bridgehead atoms. The van der Waals surface area contributed by atoms with E-state index in [9.17, 15) is 48.6 Å². The van der Waals surface area contributed by atoms with Crippen molar-refractivity contribution in [2.24, 2.45) is 5.73 Å². The molecule has 5 atom stereocenters.